The lowest BCUT2D eigenvalue weighted by Crippen LogP contribution is -2.16. The van der Waals surface area contributed by atoms with E-state index >= 15 is 0 Å². The fraction of sp³-hybridized carbons (Fsp3) is 0.200. The summed E-state index contributed by atoms with van der Waals surface area (Å²) >= 11 is 0. The van der Waals surface area contributed by atoms with Gasteiger partial charge in [0.25, 0.3) is 15.7 Å². The van der Waals surface area contributed by atoms with E-state index in [2.05, 4.69) is 4.72 Å². The van der Waals surface area contributed by atoms with Crippen molar-refractivity contribution < 1.29 is 13.3 Å². The van der Waals surface area contributed by atoms with E-state index in [-0.39, 0.29) is 16.3 Å². The normalized spacial score (nSPS) is 11.2. The Morgan fingerprint density at radius 3 is 2.14 bits per heavy atom. The second kappa shape index (κ2) is 5.76. The fourth-order valence-electron chi connectivity index (χ4n) is 2.51. The number of hydrogen-bond acceptors (Lipinski definition) is 4. The highest BCUT2D eigenvalue weighted by Gasteiger charge is 2.23. The molecule has 2 rings (SSSR count). The standard InChI is InChI=1S/C15H16N2O4S/c1-10-8-11(2)15(12(3)9-10)22(20,21)16-13-6-4-5-7-14(13)17(18)19/h4-9,16H,1-3H3. The Kier molecular flexibility index (Phi) is 4.18. The largest absolute Gasteiger partial charge is 0.293 e. The first-order chi connectivity index (χ1) is 10.2. The Bertz CT molecular complexity index is 821. The van der Waals surface area contributed by atoms with Crippen LogP contribution in [0.3, 0.4) is 0 Å². The maximum Gasteiger partial charge on any atom is 0.293 e. The number of benzene rings is 2. The molecule has 116 valence electrons. The summed E-state index contributed by atoms with van der Waals surface area (Å²) in [5.41, 5.74) is 1.83. The van der Waals surface area contributed by atoms with Gasteiger partial charge >= 0.3 is 0 Å². The van der Waals surface area contributed by atoms with Gasteiger partial charge < -0.3 is 0 Å². The number of aryl methyl sites for hydroxylation is 3. The minimum atomic E-state index is -3.90. The molecule has 0 atom stereocenters. The molecule has 0 aromatic heterocycles. The topological polar surface area (TPSA) is 89.3 Å². The van der Waals surface area contributed by atoms with Gasteiger partial charge in [-0.2, -0.15) is 0 Å². The van der Waals surface area contributed by atoms with Gasteiger partial charge in [0.15, 0.2) is 0 Å². The van der Waals surface area contributed by atoms with E-state index in [1.54, 1.807) is 32.0 Å². The van der Waals surface area contributed by atoms with E-state index in [1.165, 1.54) is 18.2 Å². The van der Waals surface area contributed by atoms with Gasteiger partial charge in [-0.3, -0.25) is 14.8 Å². The molecule has 0 bridgehead atoms. The molecule has 0 heterocycles. The molecule has 0 spiro atoms. The highest BCUT2D eigenvalue weighted by molar-refractivity contribution is 7.92. The quantitative estimate of drug-likeness (QED) is 0.691. The lowest BCUT2D eigenvalue weighted by atomic mass is 10.1. The fourth-order valence-corrected chi connectivity index (χ4v) is 4.04. The van der Waals surface area contributed by atoms with E-state index in [0.29, 0.717) is 11.1 Å². The van der Waals surface area contributed by atoms with Crippen molar-refractivity contribution in [2.24, 2.45) is 0 Å². The van der Waals surface area contributed by atoms with Crippen LogP contribution in [0.15, 0.2) is 41.3 Å². The highest BCUT2D eigenvalue weighted by Crippen LogP contribution is 2.28. The molecule has 2 aromatic rings. The summed E-state index contributed by atoms with van der Waals surface area (Å²) in [4.78, 5) is 10.5. The summed E-state index contributed by atoms with van der Waals surface area (Å²) < 4.78 is 27.5. The van der Waals surface area contributed by atoms with Crippen LogP contribution in [0.25, 0.3) is 0 Å². The van der Waals surface area contributed by atoms with Gasteiger partial charge in [-0.05, 0) is 38.0 Å². The molecule has 0 saturated heterocycles. The van der Waals surface area contributed by atoms with E-state index in [9.17, 15) is 18.5 Å². The summed E-state index contributed by atoms with van der Waals surface area (Å²) in [7, 11) is -3.90. The summed E-state index contributed by atoms with van der Waals surface area (Å²) in [6.45, 7) is 5.29. The zero-order chi connectivity index (χ0) is 16.5. The van der Waals surface area contributed by atoms with Crippen molar-refractivity contribution in [3.63, 3.8) is 0 Å². The Morgan fingerprint density at radius 1 is 1.05 bits per heavy atom. The van der Waals surface area contributed by atoms with Crippen molar-refractivity contribution >= 4 is 21.4 Å². The lowest BCUT2D eigenvalue weighted by Gasteiger charge is -2.13. The van der Waals surface area contributed by atoms with Crippen molar-refractivity contribution in [1.82, 2.24) is 0 Å². The molecule has 22 heavy (non-hydrogen) atoms. The van der Waals surface area contributed by atoms with Crippen LogP contribution < -0.4 is 4.72 Å². The highest BCUT2D eigenvalue weighted by atomic mass is 32.2. The zero-order valence-corrected chi connectivity index (χ0v) is 13.3. The molecule has 0 aliphatic carbocycles. The van der Waals surface area contributed by atoms with Crippen molar-refractivity contribution in [2.45, 2.75) is 25.7 Å². The molecular formula is C15H16N2O4S. The van der Waals surface area contributed by atoms with Crippen LogP contribution in [-0.4, -0.2) is 13.3 Å². The third kappa shape index (κ3) is 3.09. The SMILES string of the molecule is Cc1cc(C)c(S(=O)(=O)Nc2ccccc2[N+](=O)[O-])c(C)c1. The third-order valence-electron chi connectivity index (χ3n) is 3.22. The van der Waals surface area contributed by atoms with E-state index in [4.69, 9.17) is 0 Å². The predicted molar refractivity (Wildman–Crippen MR) is 84.6 cm³/mol. The van der Waals surface area contributed by atoms with Gasteiger partial charge in [-0.1, -0.05) is 29.8 Å². The number of nitro benzene ring substituents is 1. The first kappa shape index (κ1) is 16.0. The minimum Gasteiger partial charge on any atom is -0.273 e. The molecule has 2 aromatic carbocycles. The Morgan fingerprint density at radius 2 is 1.59 bits per heavy atom. The van der Waals surface area contributed by atoms with E-state index in [1.807, 2.05) is 6.92 Å². The van der Waals surface area contributed by atoms with Gasteiger partial charge in [0.05, 0.1) is 9.82 Å². The second-order valence-electron chi connectivity index (χ2n) is 5.11. The van der Waals surface area contributed by atoms with Crippen LogP contribution in [0.1, 0.15) is 16.7 Å². The molecule has 0 radical (unpaired) electrons. The smallest absolute Gasteiger partial charge is 0.273 e. The predicted octanol–water partition coefficient (Wildman–Crippen LogP) is 3.32. The molecule has 1 N–H and O–H groups in total. The number of sulfonamides is 1. The monoisotopic (exact) mass is 320 g/mol. The van der Waals surface area contributed by atoms with Crippen LogP contribution in [-0.2, 0) is 10.0 Å². The molecule has 0 unspecified atom stereocenters. The maximum atomic E-state index is 12.6. The van der Waals surface area contributed by atoms with Crippen molar-refractivity contribution in [1.29, 1.82) is 0 Å². The summed E-state index contributed by atoms with van der Waals surface area (Å²) in [5, 5.41) is 11.0. The summed E-state index contributed by atoms with van der Waals surface area (Å²) in [5.74, 6) is 0. The molecule has 0 amide bonds. The number of nitro groups is 1. The molecule has 0 aliphatic rings. The second-order valence-corrected chi connectivity index (χ2v) is 6.73. The average molecular weight is 320 g/mol. The van der Waals surface area contributed by atoms with E-state index < -0.39 is 14.9 Å². The molecule has 0 aliphatic heterocycles. The summed E-state index contributed by atoms with van der Waals surface area (Å²) in [6.07, 6.45) is 0. The zero-order valence-electron chi connectivity index (χ0n) is 12.5. The molecular weight excluding hydrogens is 304 g/mol. The molecule has 7 heteroatoms. The number of anilines is 1. The van der Waals surface area contributed by atoms with Crippen LogP contribution in [0.5, 0.6) is 0 Å². The number of hydrogen-bond donors (Lipinski definition) is 1. The van der Waals surface area contributed by atoms with Gasteiger partial charge in [-0.25, -0.2) is 8.42 Å². The van der Waals surface area contributed by atoms with Gasteiger partial charge in [-0.15, -0.1) is 0 Å². The van der Waals surface area contributed by atoms with Crippen molar-refractivity contribution in [2.75, 3.05) is 4.72 Å². The van der Waals surface area contributed by atoms with Crippen LogP contribution in [0.4, 0.5) is 11.4 Å². The first-order valence-electron chi connectivity index (χ1n) is 6.56. The van der Waals surface area contributed by atoms with E-state index in [0.717, 1.165) is 5.56 Å². The van der Waals surface area contributed by atoms with Crippen LogP contribution >= 0.6 is 0 Å². The van der Waals surface area contributed by atoms with Crippen molar-refractivity contribution in [3.8, 4) is 0 Å². The Labute approximate surface area is 129 Å². The number of nitrogens with zero attached hydrogens (tertiary/aromatic N) is 1. The molecule has 0 saturated carbocycles. The van der Waals surface area contributed by atoms with Gasteiger partial charge in [0.2, 0.25) is 0 Å². The Balaban J connectivity index is 2.53. The van der Waals surface area contributed by atoms with Crippen LogP contribution in [0, 0.1) is 30.9 Å². The average Bonchev–Trinajstić information content (AvgIpc) is 2.36. The maximum absolute atomic E-state index is 12.6. The number of nitrogens with one attached hydrogen (secondary N) is 1. The minimum absolute atomic E-state index is 0.0492. The Hall–Kier alpha value is -2.41. The lowest BCUT2D eigenvalue weighted by molar-refractivity contribution is -0.383. The van der Waals surface area contributed by atoms with Crippen LogP contribution in [0.2, 0.25) is 0 Å². The van der Waals surface area contributed by atoms with Gasteiger partial charge in [0, 0.05) is 6.07 Å². The summed E-state index contributed by atoms with van der Waals surface area (Å²) in [6, 6.07) is 9.18. The molecule has 6 nitrogen and oxygen atoms in total. The first-order valence-corrected chi connectivity index (χ1v) is 8.05. The molecule has 0 fully saturated rings. The number of rotatable bonds is 4. The number of para-hydroxylation sites is 2. The van der Waals surface area contributed by atoms with Gasteiger partial charge in [0.1, 0.15) is 5.69 Å². The third-order valence-corrected chi connectivity index (χ3v) is 4.89. The van der Waals surface area contributed by atoms with Crippen molar-refractivity contribution in [3.05, 3.63) is 63.2 Å².